The van der Waals surface area contributed by atoms with E-state index in [9.17, 15) is 9.90 Å². The van der Waals surface area contributed by atoms with E-state index in [-0.39, 0.29) is 6.42 Å². The highest BCUT2D eigenvalue weighted by Crippen LogP contribution is 2.14. The van der Waals surface area contributed by atoms with Gasteiger partial charge in [0.25, 0.3) is 0 Å². The quantitative estimate of drug-likeness (QED) is 0.0822. The maximum atomic E-state index is 10.2. The first-order valence-corrected chi connectivity index (χ1v) is 18.6. The Kier molecular flexibility index (Phi) is 39.9. The zero-order valence-electron chi connectivity index (χ0n) is 28.4. The minimum absolute atomic E-state index is 0.234. The first-order chi connectivity index (χ1) is 19.6. The number of hydrogen-bond acceptors (Lipinski definition) is 2. The molecule has 0 rings (SSSR count). The molecule has 0 aromatic carbocycles. The van der Waals surface area contributed by atoms with Gasteiger partial charge in [0, 0.05) is 5.97 Å². The summed E-state index contributed by atoms with van der Waals surface area (Å²) in [5.74, 6) is -0.903. The average Bonchev–Trinajstić information content (AvgIpc) is 2.95. The fourth-order valence-corrected chi connectivity index (χ4v) is 5.44. The van der Waals surface area contributed by atoms with E-state index in [4.69, 9.17) is 0 Å². The van der Waals surface area contributed by atoms with Crippen molar-refractivity contribution in [3.63, 3.8) is 0 Å². The number of carboxylic acid groups (broad SMARTS) is 1. The summed E-state index contributed by atoms with van der Waals surface area (Å²) in [6.07, 6.45) is 40.3. The monoisotopic (exact) mass is 568 g/mol. The summed E-state index contributed by atoms with van der Waals surface area (Å²) in [7, 11) is 2.31. The Balaban J connectivity index is 0. The van der Waals surface area contributed by atoms with Crippen molar-refractivity contribution < 1.29 is 14.8 Å². The van der Waals surface area contributed by atoms with Gasteiger partial charge in [-0.05, 0) is 32.6 Å². The molecule has 1 N–H and O–H groups in total. The van der Waals surface area contributed by atoms with Crippen LogP contribution in [0.25, 0.3) is 0 Å². The predicted octanol–water partition coefficient (Wildman–Crippen LogP) is 10.0. The Morgan fingerprint density at radius 2 is 0.675 bits per heavy atom. The van der Waals surface area contributed by atoms with E-state index in [1.165, 1.54) is 186 Å². The summed E-state index contributed by atoms with van der Waals surface area (Å²) in [6.45, 7) is 9.48. The van der Waals surface area contributed by atoms with Crippen molar-refractivity contribution in [1.29, 1.82) is 0 Å². The van der Waals surface area contributed by atoms with Crippen LogP contribution < -0.4 is 10.0 Å². The van der Waals surface area contributed by atoms with Crippen LogP contribution in [0.2, 0.25) is 0 Å². The van der Waals surface area contributed by atoms with E-state index in [0.29, 0.717) is 0 Å². The number of carboxylic acids is 1. The third-order valence-electron chi connectivity index (χ3n) is 8.55. The summed E-state index contributed by atoms with van der Waals surface area (Å²) in [5, 5.41) is 10.2. The Hall–Kier alpha value is -0.570. The zero-order chi connectivity index (χ0) is 29.8. The molecule has 0 radical (unpaired) electrons. The number of rotatable bonds is 32. The molecule has 0 aromatic heterocycles. The van der Waals surface area contributed by atoms with E-state index in [0.717, 1.165) is 12.8 Å². The van der Waals surface area contributed by atoms with Gasteiger partial charge in [-0.15, -0.1) is 0 Å². The van der Waals surface area contributed by atoms with E-state index < -0.39 is 5.97 Å². The fraction of sp³-hybridized carbons (Fsp3) is 0.973. The second-order valence-electron chi connectivity index (χ2n) is 12.7. The lowest BCUT2D eigenvalue weighted by Crippen LogP contribution is -3.08. The van der Waals surface area contributed by atoms with Gasteiger partial charge in [-0.2, -0.15) is 0 Å². The topological polar surface area (TPSA) is 44.6 Å². The van der Waals surface area contributed by atoms with Crippen molar-refractivity contribution >= 4 is 5.97 Å². The van der Waals surface area contributed by atoms with Crippen LogP contribution in [0.4, 0.5) is 0 Å². The third kappa shape index (κ3) is 41.9. The number of quaternary nitrogens is 1. The second-order valence-corrected chi connectivity index (χ2v) is 12.7. The Morgan fingerprint density at radius 1 is 0.425 bits per heavy atom. The molecule has 0 fully saturated rings. The molecule has 0 aliphatic carbocycles. The van der Waals surface area contributed by atoms with Gasteiger partial charge in [0.05, 0.1) is 20.1 Å². The zero-order valence-corrected chi connectivity index (χ0v) is 28.4. The number of aliphatic carboxylic acids is 1. The van der Waals surface area contributed by atoms with Crippen LogP contribution in [0.15, 0.2) is 0 Å². The molecule has 3 nitrogen and oxygen atoms in total. The highest BCUT2D eigenvalue weighted by Gasteiger charge is 1.98. The van der Waals surface area contributed by atoms with Gasteiger partial charge < -0.3 is 14.8 Å². The van der Waals surface area contributed by atoms with E-state index in [2.05, 4.69) is 27.8 Å². The first kappa shape index (κ1) is 41.6. The lowest BCUT2D eigenvalue weighted by Gasteiger charge is -2.10. The normalized spacial score (nSPS) is 11.8. The van der Waals surface area contributed by atoms with Crippen molar-refractivity contribution in [3.05, 3.63) is 0 Å². The maximum Gasteiger partial charge on any atom is 0.0768 e. The van der Waals surface area contributed by atoms with Crippen LogP contribution in [-0.2, 0) is 4.79 Å². The largest absolute Gasteiger partial charge is 0.550 e. The summed E-state index contributed by atoms with van der Waals surface area (Å²) in [5.41, 5.74) is 0. The molecule has 0 aromatic rings. The van der Waals surface area contributed by atoms with Crippen LogP contribution in [0.5, 0.6) is 0 Å². The molecule has 0 aliphatic rings. The van der Waals surface area contributed by atoms with Gasteiger partial charge in [0.2, 0.25) is 0 Å². The Morgan fingerprint density at radius 3 is 0.925 bits per heavy atom. The molecule has 0 aliphatic heterocycles. The highest BCUT2D eigenvalue weighted by molar-refractivity contribution is 5.64. The third-order valence-corrected chi connectivity index (χ3v) is 8.55. The minimum Gasteiger partial charge on any atom is -0.550 e. The predicted molar refractivity (Wildman–Crippen MR) is 177 cm³/mol. The molecule has 3 heteroatoms. The number of carbonyl (C=O) groups excluding carboxylic acids is 1. The lowest BCUT2D eigenvalue weighted by atomic mass is 10.0. The lowest BCUT2D eigenvalue weighted by molar-refractivity contribution is -0.877. The SMILES string of the molecule is CCCCCCCCCCCCCCCCCC(=O)[O-].CCCCCCCCCCCCCCCC[NH+](C)CC. The second kappa shape index (κ2) is 38.4. The molecule has 0 saturated carbocycles. The first-order valence-electron chi connectivity index (χ1n) is 18.6. The van der Waals surface area contributed by atoms with Crippen LogP contribution in [0.3, 0.4) is 0 Å². The summed E-state index contributed by atoms with van der Waals surface area (Å²) in [4.78, 5) is 11.9. The van der Waals surface area contributed by atoms with Crippen molar-refractivity contribution in [3.8, 4) is 0 Å². The number of hydrogen-bond donors (Lipinski definition) is 1. The summed E-state index contributed by atoms with van der Waals surface area (Å²) >= 11 is 0. The van der Waals surface area contributed by atoms with Gasteiger partial charge in [-0.1, -0.05) is 181 Å². The molecular formula is C37H77NO2. The molecule has 40 heavy (non-hydrogen) atoms. The smallest absolute Gasteiger partial charge is 0.0768 e. The highest BCUT2D eigenvalue weighted by atomic mass is 16.4. The molecule has 0 spiro atoms. The van der Waals surface area contributed by atoms with E-state index >= 15 is 0 Å². The van der Waals surface area contributed by atoms with E-state index in [1.54, 1.807) is 4.90 Å². The van der Waals surface area contributed by atoms with Crippen LogP contribution >= 0.6 is 0 Å². The van der Waals surface area contributed by atoms with Crippen molar-refractivity contribution in [2.75, 3.05) is 20.1 Å². The molecular weight excluding hydrogens is 490 g/mol. The Labute approximate surface area is 254 Å². The number of carbonyl (C=O) groups is 1. The molecule has 1 atom stereocenters. The molecule has 0 amide bonds. The molecule has 0 bridgehead atoms. The maximum absolute atomic E-state index is 10.2. The van der Waals surface area contributed by atoms with Gasteiger partial charge in [0.15, 0.2) is 0 Å². The summed E-state index contributed by atoms with van der Waals surface area (Å²) < 4.78 is 0. The van der Waals surface area contributed by atoms with Gasteiger partial charge in [-0.25, -0.2) is 0 Å². The van der Waals surface area contributed by atoms with Crippen molar-refractivity contribution in [1.82, 2.24) is 0 Å². The average molecular weight is 568 g/mol. The number of unbranched alkanes of at least 4 members (excludes halogenated alkanes) is 27. The van der Waals surface area contributed by atoms with E-state index in [1.807, 2.05) is 0 Å². The number of nitrogens with one attached hydrogen (secondary N) is 1. The van der Waals surface area contributed by atoms with Gasteiger partial charge in [0.1, 0.15) is 0 Å². The molecule has 242 valence electrons. The molecule has 0 saturated heterocycles. The van der Waals surface area contributed by atoms with Crippen LogP contribution in [-0.4, -0.2) is 26.1 Å². The van der Waals surface area contributed by atoms with Crippen LogP contribution in [0.1, 0.15) is 213 Å². The van der Waals surface area contributed by atoms with Gasteiger partial charge in [-0.3, -0.25) is 0 Å². The van der Waals surface area contributed by atoms with Crippen molar-refractivity contribution in [2.45, 2.75) is 213 Å². The minimum atomic E-state index is -0.903. The van der Waals surface area contributed by atoms with Gasteiger partial charge >= 0.3 is 0 Å². The fourth-order valence-electron chi connectivity index (χ4n) is 5.44. The van der Waals surface area contributed by atoms with Crippen LogP contribution in [0, 0.1) is 0 Å². The van der Waals surface area contributed by atoms with Crippen molar-refractivity contribution in [2.24, 2.45) is 0 Å². The molecule has 0 heterocycles. The summed E-state index contributed by atoms with van der Waals surface area (Å²) in [6, 6.07) is 0. The standard InChI is InChI=1S/C19H41N.C18H36O2/c1-4-6-7-8-9-10-11-12-13-14-15-16-17-18-19-20(3)5-2;1-2-3-4-5-6-7-8-9-10-11-12-13-14-15-16-17-18(19)20/h4-19H2,1-3H3;2-17H2,1H3,(H,19,20). The Bertz CT molecular complexity index is 453. The molecule has 1 unspecified atom stereocenters.